The first-order valence-electron chi connectivity index (χ1n) is 11.2. The Morgan fingerprint density at radius 1 is 0.688 bits per heavy atom. The summed E-state index contributed by atoms with van der Waals surface area (Å²) in [5.74, 6) is 0. The van der Waals surface area contributed by atoms with E-state index < -0.39 is 11.7 Å². The van der Waals surface area contributed by atoms with Crippen LogP contribution < -0.4 is 0 Å². The van der Waals surface area contributed by atoms with Gasteiger partial charge >= 0.3 is 6.18 Å². The molecule has 4 rings (SSSR count). The van der Waals surface area contributed by atoms with E-state index in [9.17, 15) is 13.2 Å². The second-order valence-corrected chi connectivity index (χ2v) is 8.56. The van der Waals surface area contributed by atoms with Crippen LogP contribution in [-0.2, 0) is 25.7 Å². The molecule has 0 aromatic heterocycles. The van der Waals surface area contributed by atoms with Crippen LogP contribution in [0.2, 0.25) is 0 Å². The molecule has 1 heterocycles. The lowest BCUT2D eigenvalue weighted by molar-refractivity contribution is -0.137. The first-order chi connectivity index (χ1) is 15.5. The molecule has 0 amide bonds. The molecule has 5 heteroatoms. The summed E-state index contributed by atoms with van der Waals surface area (Å²) in [6.07, 6.45) is -2.59. The predicted molar refractivity (Wildman–Crippen MR) is 122 cm³/mol. The molecule has 0 saturated carbocycles. The highest BCUT2D eigenvalue weighted by Gasteiger charge is 2.30. The Morgan fingerprint density at radius 3 is 1.88 bits per heavy atom. The fourth-order valence-electron chi connectivity index (χ4n) is 4.44. The molecular weight excluding hydrogens is 409 g/mol. The lowest BCUT2D eigenvalue weighted by Crippen LogP contribution is -2.52. The molecule has 0 spiro atoms. The third-order valence-electron chi connectivity index (χ3n) is 6.21. The molecule has 32 heavy (non-hydrogen) atoms. The van der Waals surface area contributed by atoms with E-state index in [0.29, 0.717) is 6.04 Å². The normalized spacial score (nSPS) is 18.0. The van der Waals surface area contributed by atoms with E-state index in [1.807, 2.05) is 12.1 Å². The number of aryl methyl sites for hydroxylation is 1. The van der Waals surface area contributed by atoms with Crippen LogP contribution in [0.25, 0.3) is 0 Å². The fourth-order valence-corrected chi connectivity index (χ4v) is 4.44. The monoisotopic (exact) mass is 438 g/mol. The van der Waals surface area contributed by atoms with Crippen LogP contribution >= 0.6 is 0 Å². The van der Waals surface area contributed by atoms with E-state index in [1.165, 1.54) is 23.3 Å². The molecule has 1 aliphatic heterocycles. The van der Waals surface area contributed by atoms with Crippen molar-refractivity contribution in [1.82, 2.24) is 9.80 Å². The van der Waals surface area contributed by atoms with E-state index in [4.69, 9.17) is 0 Å². The van der Waals surface area contributed by atoms with E-state index in [0.717, 1.165) is 51.1 Å². The predicted octanol–water partition coefficient (Wildman–Crippen LogP) is 6.02. The fraction of sp³-hybridized carbons (Fsp3) is 0.333. The molecule has 1 unspecified atom stereocenters. The van der Waals surface area contributed by atoms with Crippen molar-refractivity contribution < 1.29 is 13.2 Å². The van der Waals surface area contributed by atoms with Gasteiger partial charge < -0.3 is 0 Å². The minimum atomic E-state index is -4.29. The average molecular weight is 439 g/mol. The summed E-state index contributed by atoms with van der Waals surface area (Å²) in [6.45, 7) is 4.79. The van der Waals surface area contributed by atoms with Gasteiger partial charge in [0.15, 0.2) is 0 Å². The molecule has 2 nitrogen and oxygen atoms in total. The highest BCUT2D eigenvalue weighted by molar-refractivity contribution is 5.25. The number of alkyl halides is 3. The Labute approximate surface area is 188 Å². The van der Waals surface area contributed by atoms with Gasteiger partial charge in [0, 0.05) is 38.8 Å². The number of hydrogen-bond acceptors (Lipinski definition) is 2. The summed E-state index contributed by atoms with van der Waals surface area (Å²) in [5.41, 5.74) is 2.98. The molecular formula is C27H29F3N2. The van der Waals surface area contributed by atoms with E-state index in [1.54, 1.807) is 12.1 Å². The van der Waals surface area contributed by atoms with Gasteiger partial charge in [0.1, 0.15) is 0 Å². The Kier molecular flexibility index (Phi) is 7.28. The van der Waals surface area contributed by atoms with Crippen molar-refractivity contribution in [2.45, 2.75) is 38.1 Å². The summed E-state index contributed by atoms with van der Waals surface area (Å²) in [7, 11) is 0. The van der Waals surface area contributed by atoms with Gasteiger partial charge in [-0.3, -0.25) is 9.80 Å². The van der Waals surface area contributed by atoms with Crippen LogP contribution in [0.1, 0.15) is 28.7 Å². The zero-order valence-corrected chi connectivity index (χ0v) is 18.1. The maximum Gasteiger partial charge on any atom is 0.416 e. The SMILES string of the molecule is FC(F)(F)c1ccc(CCC2CN(Cc3ccccc3)CCN2Cc2ccccc2)cc1. The van der Waals surface area contributed by atoms with Gasteiger partial charge in [0.2, 0.25) is 0 Å². The van der Waals surface area contributed by atoms with Gasteiger partial charge in [-0.25, -0.2) is 0 Å². The summed E-state index contributed by atoms with van der Waals surface area (Å²) >= 11 is 0. The number of halogens is 3. The van der Waals surface area contributed by atoms with Crippen molar-refractivity contribution in [3.63, 3.8) is 0 Å². The molecule has 3 aromatic rings. The van der Waals surface area contributed by atoms with Crippen LogP contribution in [0.15, 0.2) is 84.9 Å². The van der Waals surface area contributed by atoms with Crippen molar-refractivity contribution in [3.05, 3.63) is 107 Å². The zero-order chi connectivity index (χ0) is 22.4. The standard InChI is InChI=1S/C27H29F3N2/c28-27(29,30)25-14-11-22(12-15-25)13-16-26-21-31(19-23-7-3-1-4-8-23)17-18-32(26)20-24-9-5-2-6-10-24/h1-12,14-15,26H,13,16-21H2. The Bertz CT molecular complexity index is 956. The van der Waals surface area contributed by atoms with E-state index in [-0.39, 0.29) is 0 Å². The summed E-state index contributed by atoms with van der Waals surface area (Å²) < 4.78 is 38.6. The van der Waals surface area contributed by atoms with Crippen molar-refractivity contribution >= 4 is 0 Å². The Morgan fingerprint density at radius 2 is 1.28 bits per heavy atom. The molecule has 168 valence electrons. The number of piperazine rings is 1. The van der Waals surface area contributed by atoms with Crippen LogP contribution in [0, 0.1) is 0 Å². The molecule has 0 aliphatic carbocycles. The number of hydrogen-bond donors (Lipinski definition) is 0. The molecule has 0 radical (unpaired) electrons. The molecule has 1 saturated heterocycles. The van der Waals surface area contributed by atoms with Crippen LogP contribution in [0.4, 0.5) is 13.2 Å². The molecule has 3 aromatic carbocycles. The van der Waals surface area contributed by atoms with Crippen molar-refractivity contribution in [2.24, 2.45) is 0 Å². The van der Waals surface area contributed by atoms with Gasteiger partial charge in [0.05, 0.1) is 5.56 Å². The maximum absolute atomic E-state index is 12.9. The highest BCUT2D eigenvalue weighted by Crippen LogP contribution is 2.29. The van der Waals surface area contributed by atoms with Crippen molar-refractivity contribution in [3.8, 4) is 0 Å². The summed E-state index contributed by atoms with van der Waals surface area (Å²) in [4.78, 5) is 5.02. The van der Waals surface area contributed by atoms with Crippen LogP contribution in [-0.4, -0.2) is 35.5 Å². The summed E-state index contributed by atoms with van der Waals surface area (Å²) in [5, 5.41) is 0. The quantitative estimate of drug-likeness (QED) is 0.445. The molecule has 1 fully saturated rings. The third kappa shape index (κ3) is 6.21. The molecule has 1 atom stereocenters. The first-order valence-corrected chi connectivity index (χ1v) is 11.2. The lowest BCUT2D eigenvalue weighted by Gasteiger charge is -2.42. The van der Waals surface area contributed by atoms with Crippen LogP contribution in [0.3, 0.4) is 0 Å². The maximum atomic E-state index is 12.9. The minimum absolute atomic E-state index is 0.356. The van der Waals surface area contributed by atoms with E-state index >= 15 is 0 Å². The number of nitrogens with zero attached hydrogens (tertiary/aromatic N) is 2. The van der Waals surface area contributed by atoms with Gasteiger partial charge in [0.25, 0.3) is 0 Å². The van der Waals surface area contributed by atoms with Crippen molar-refractivity contribution in [2.75, 3.05) is 19.6 Å². The second kappa shape index (κ2) is 10.3. The number of benzene rings is 3. The van der Waals surface area contributed by atoms with E-state index in [2.05, 4.69) is 58.3 Å². The highest BCUT2D eigenvalue weighted by atomic mass is 19.4. The minimum Gasteiger partial charge on any atom is -0.296 e. The first kappa shape index (κ1) is 22.6. The largest absolute Gasteiger partial charge is 0.416 e. The summed E-state index contributed by atoms with van der Waals surface area (Å²) in [6, 6.07) is 27.0. The lowest BCUT2D eigenvalue weighted by atomic mass is 9.99. The Hall–Kier alpha value is -2.63. The molecule has 0 N–H and O–H groups in total. The van der Waals surface area contributed by atoms with Crippen molar-refractivity contribution in [1.29, 1.82) is 0 Å². The smallest absolute Gasteiger partial charge is 0.296 e. The van der Waals surface area contributed by atoms with Gasteiger partial charge in [-0.05, 0) is 41.7 Å². The average Bonchev–Trinajstić information content (AvgIpc) is 2.80. The Balaban J connectivity index is 1.43. The van der Waals surface area contributed by atoms with Gasteiger partial charge in [-0.2, -0.15) is 13.2 Å². The van der Waals surface area contributed by atoms with Gasteiger partial charge in [-0.1, -0.05) is 72.8 Å². The van der Waals surface area contributed by atoms with Gasteiger partial charge in [-0.15, -0.1) is 0 Å². The third-order valence-corrected chi connectivity index (χ3v) is 6.21. The topological polar surface area (TPSA) is 6.48 Å². The molecule has 0 bridgehead atoms. The van der Waals surface area contributed by atoms with Crippen LogP contribution in [0.5, 0.6) is 0 Å². The zero-order valence-electron chi connectivity index (χ0n) is 18.1. The second-order valence-electron chi connectivity index (χ2n) is 8.56. The molecule has 1 aliphatic rings. The number of rotatable bonds is 7.